The van der Waals surface area contributed by atoms with E-state index < -0.39 is 5.69 Å². The summed E-state index contributed by atoms with van der Waals surface area (Å²) in [6.07, 6.45) is 2.77. The van der Waals surface area contributed by atoms with Crippen LogP contribution in [0.4, 0.5) is 5.95 Å². The van der Waals surface area contributed by atoms with Gasteiger partial charge in [0, 0.05) is 43.8 Å². The minimum Gasteiger partial charge on any atom is -0.341 e. The molecular weight excluding hydrogens is 432 g/mol. The fourth-order valence-electron chi connectivity index (χ4n) is 4.88. The van der Waals surface area contributed by atoms with E-state index in [1.54, 1.807) is 7.05 Å². The first-order chi connectivity index (χ1) is 16.4. The lowest BCUT2D eigenvalue weighted by Crippen LogP contribution is -2.44. The van der Waals surface area contributed by atoms with Crippen molar-refractivity contribution in [1.29, 1.82) is 0 Å². The minimum atomic E-state index is -0.435. The number of hydrogen-bond acceptors (Lipinski definition) is 7. The first-order valence-electron chi connectivity index (χ1n) is 11.8. The number of hydrogen-bond donors (Lipinski definition) is 1. The largest absolute Gasteiger partial charge is 0.341 e. The molecule has 1 aliphatic rings. The van der Waals surface area contributed by atoms with Crippen LogP contribution >= 0.6 is 0 Å². The number of rotatable bonds is 5. The van der Waals surface area contributed by atoms with Crippen LogP contribution in [0.2, 0.25) is 0 Å². The van der Waals surface area contributed by atoms with Crippen molar-refractivity contribution < 1.29 is 0 Å². The lowest BCUT2D eigenvalue weighted by Gasteiger charge is -2.31. The zero-order valence-electron chi connectivity index (χ0n) is 19.9. The maximum atomic E-state index is 13.7. The molecule has 0 aliphatic carbocycles. The van der Waals surface area contributed by atoms with Crippen LogP contribution in [0.15, 0.2) is 33.9 Å². The number of fused-ring (bicyclic) bond motifs is 2. The van der Waals surface area contributed by atoms with Crippen LogP contribution in [0.25, 0.3) is 22.1 Å². The highest BCUT2D eigenvalue weighted by Crippen LogP contribution is 2.23. The Morgan fingerprint density at radius 2 is 1.91 bits per heavy atom. The molecule has 5 rings (SSSR count). The van der Waals surface area contributed by atoms with Gasteiger partial charge in [0.15, 0.2) is 11.2 Å². The number of aromatic nitrogens is 6. The number of nitrogens with two attached hydrogens (primary N) is 1. The maximum absolute atomic E-state index is 13.7. The van der Waals surface area contributed by atoms with Gasteiger partial charge in [-0.3, -0.25) is 13.9 Å². The summed E-state index contributed by atoms with van der Waals surface area (Å²) in [5.74, 6) is 1.13. The smallest absolute Gasteiger partial charge is 0.332 e. The topological polar surface area (TPSA) is 117 Å². The molecular formula is C24H30N8O2. The molecule has 1 aliphatic heterocycles. The average Bonchev–Trinajstić information content (AvgIpc) is 3.20. The molecule has 0 unspecified atom stereocenters. The molecule has 3 aromatic heterocycles. The van der Waals surface area contributed by atoms with Gasteiger partial charge in [0.25, 0.3) is 5.56 Å². The van der Waals surface area contributed by atoms with E-state index in [0.717, 1.165) is 42.4 Å². The molecule has 10 heteroatoms. The normalized spacial score (nSPS) is 16.6. The van der Waals surface area contributed by atoms with E-state index in [-0.39, 0.29) is 18.1 Å². The first-order valence-corrected chi connectivity index (χ1v) is 11.8. The van der Waals surface area contributed by atoms with Gasteiger partial charge in [0.2, 0.25) is 5.95 Å². The van der Waals surface area contributed by atoms with E-state index in [2.05, 4.69) is 21.8 Å². The Bertz CT molecular complexity index is 1500. The third-order valence-electron chi connectivity index (χ3n) is 6.54. The fraction of sp³-hybridized carbons (Fsp3) is 0.458. The third kappa shape index (κ3) is 3.67. The molecule has 0 radical (unpaired) electrons. The highest BCUT2D eigenvalue weighted by molar-refractivity contribution is 5.80. The standard InChI is InChI=1S/C24H30N8O2/c1-4-11-31-20-21(28-23(31)30-12-7-8-16(25)13-30)29(3)24(34)32(22(20)33)14-19-26-15(2)17-9-5-6-10-18(17)27-19/h5-6,9-10,16H,4,7-8,11-14,25H2,1-3H3/t16-/m1/s1. The van der Waals surface area contributed by atoms with Crippen LogP contribution < -0.4 is 21.9 Å². The van der Waals surface area contributed by atoms with Crippen molar-refractivity contribution in [3.8, 4) is 0 Å². The van der Waals surface area contributed by atoms with Crippen LogP contribution in [0.5, 0.6) is 0 Å². The molecule has 2 N–H and O–H groups in total. The first kappa shape index (κ1) is 22.3. The van der Waals surface area contributed by atoms with Crippen molar-refractivity contribution in [2.45, 2.75) is 52.2 Å². The molecule has 0 amide bonds. The van der Waals surface area contributed by atoms with Gasteiger partial charge < -0.3 is 15.2 Å². The predicted molar refractivity (Wildman–Crippen MR) is 132 cm³/mol. The zero-order chi connectivity index (χ0) is 24.0. The number of piperidine rings is 1. The van der Waals surface area contributed by atoms with Crippen molar-refractivity contribution in [1.82, 2.24) is 28.7 Å². The van der Waals surface area contributed by atoms with Crippen LogP contribution in [-0.4, -0.2) is 47.8 Å². The molecule has 1 aromatic carbocycles. The molecule has 0 bridgehead atoms. The minimum absolute atomic E-state index is 0.00561. The summed E-state index contributed by atoms with van der Waals surface area (Å²) in [4.78, 5) is 43.0. The second-order valence-corrected chi connectivity index (χ2v) is 9.06. The molecule has 0 saturated carbocycles. The summed E-state index contributed by atoms with van der Waals surface area (Å²) in [5.41, 5.74) is 7.82. The monoisotopic (exact) mass is 462 g/mol. The second-order valence-electron chi connectivity index (χ2n) is 9.06. The van der Waals surface area contributed by atoms with Crippen molar-refractivity contribution in [2.75, 3.05) is 18.0 Å². The Morgan fingerprint density at radius 1 is 1.12 bits per heavy atom. The molecule has 34 heavy (non-hydrogen) atoms. The average molecular weight is 463 g/mol. The van der Waals surface area contributed by atoms with Crippen molar-refractivity contribution in [3.05, 3.63) is 56.6 Å². The summed E-state index contributed by atoms with van der Waals surface area (Å²) in [5, 5.41) is 0.951. The van der Waals surface area contributed by atoms with E-state index in [1.807, 2.05) is 35.8 Å². The van der Waals surface area contributed by atoms with Gasteiger partial charge >= 0.3 is 5.69 Å². The molecule has 1 fully saturated rings. The van der Waals surface area contributed by atoms with Gasteiger partial charge in [-0.2, -0.15) is 4.98 Å². The lowest BCUT2D eigenvalue weighted by atomic mass is 10.1. The predicted octanol–water partition coefficient (Wildman–Crippen LogP) is 1.53. The fourth-order valence-corrected chi connectivity index (χ4v) is 4.88. The van der Waals surface area contributed by atoms with Gasteiger partial charge in [-0.25, -0.2) is 14.8 Å². The SMILES string of the molecule is CCCn1c(N2CCC[C@@H](N)C2)nc2c1c(=O)n(Cc1nc(C)c3ccccc3n1)c(=O)n2C. The highest BCUT2D eigenvalue weighted by Gasteiger charge is 2.26. The molecule has 4 aromatic rings. The zero-order valence-corrected chi connectivity index (χ0v) is 19.9. The van der Waals surface area contributed by atoms with Gasteiger partial charge in [-0.15, -0.1) is 0 Å². The Labute approximate surface area is 196 Å². The Balaban J connectivity index is 1.67. The number of anilines is 1. The van der Waals surface area contributed by atoms with E-state index in [4.69, 9.17) is 10.7 Å². The molecule has 10 nitrogen and oxygen atoms in total. The summed E-state index contributed by atoms with van der Waals surface area (Å²) < 4.78 is 4.60. The lowest BCUT2D eigenvalue weighted by molar-refractivity contribution is 0.492. The number of benzene rings is 1. The number of nitrogens with zero attached hydrogens (tertiary/aromatic N) is 7. The van der Waals surface area contributed by atoms with Crippen molar-refractivity contribution in [3.63, 3.8) is 0 Å². The quantitative estimate of drug-likeness (QED) is 0.478. The summed E-state index contributed by atoms with van der Waals surface area (Å²) in [6.45, 7) is 6.09. The van der Waals surface area contributed by atoms with Crippen LogP contribution in [0.1, 0.15) is 37.7 Å². The van der Waals surface area contributed by atoms with Gasteiger partial charge in [-0.05, 0) is 32.3 Å². The molecule has 0 spiro atoms. The second kappa shape index (κ2) is 8.68. The Morgan fingerprint density at radius 3 is 2.68 bits per heavy atom. The van der Waals surface area contributed by atoms with E-state index in [0.29, 0.717) is 36.0 Å². The highest BCUT2D eigenvalue weighted by atomic mass is 16.2. The number of imidazole rings is 1. The van der Waals surface area contributed by atoms with Crippen LogP contribution in [0.3, 0.4) is 0 Å². The van der Waals surface area contributed by atoms with Crippen LogP contribution in [0, 0.1) is 6.92 Å². The van der Waals surface area contributed by atoms with Crippen LogP contribution in [-0.2, 0) is 20.1 Å². The molecule has 178 valence electrons. The van der Waals surface area contributed by atoms with Gasteiger partial charge in [-0.1, -0.05) is 25.1 Å². The molecule has 4 heterocycles. The maximum Gasteiger partial charge on any atom is 0.332 e. The molecule has 1 saturated heterocycles. The summed E-state index contributed by atoms with van der Waals surface area (Å²) in [6, 6.07) is 7.78. The van der Waals surface area contributed by atoms with E-state index in [9.17, 15) is 9.59 Å². The van der Waals surface area contributed by atoms with Crippen molar-refractivity contribution in [2.24, 2.45) is 12.8 Å². The molecule has 1 atom stereocenters. The van der Waals surface area contributed by atoms with E-state index in [1.165, 1.54) is 9.13 Å². The summed E-state index contributed by atoms with van der Waals surface area (Å²) in [7, 11) is 1.65. The van der Waals surface area contributed by atoms with Gasteiger partial charge in [0.1, 0.15) is 5.82 Å². The third-order valence-corrected chi connectivity index (χ3v) is 6.54. The number of para-hydroxylation sites is 1. The number of aryl methyl sites for hydroxylation is 3. The summed E-state index contributed by atoms with van der Waals surface area (Å²) >= 11 is 0. The van der Waals surface area contributed by atoms with E-state index >= 15 is 0 Å². The Kier molecular flexibility index (Phi) is 5.68. The van der Waals surface area contributed by atoms with Crippen molar-refractivity contribution >= 4 is 28.0 Å². The Hall–Kier alpha value is -3.53. The van der Waals surface area contributed by atoms with Gasteiger partial charge in [0.05, 0.1) is 12.1 Å².